The van der Waals surface area contributed by atoms with Gasteiger partial charge in [-0.1, -0.05) is 33.6 Å². The van der Waals surface area contributed by atoms with Gasteiger partial charge in [0.2, 0.25) is 0 Å². The van der Waals surface area contributed by atoms with Crippen LogP contribution in [-0.4, -0.2) is 5.11 Å². The van der Waals surface area contributed by atoms with Crippen LogP contribution < -0.4 is 10.6 Å². The van der Waals surface area contributed by atoms with E-state index in [9.17, 15) is 0 Å². The fourth-order valence-electron chi connectivity index (χ4n) is 1.60. The highest BCUT2D eigenvalue weighted by Crippen LogP contribution is 2.26. The summed E-state index contributed by atoms with van der Waals surface area (Å²) in [7, 11) is 0. The lowest BCUT2D eigenvalue weighted by molar-refractivity contribution is 1.45. The Morgan fingerprint density at radius 2 is 1.75 bits per heavy atom. The molecule has 0 fully saturated rings. The zero-order valence-corrected chi connectivity index (χ0v) is 15.3. The summed E-state index contributed by atoms with van der Waals surface area (Å²) < 4.78 is 1.93. The molecular weight excluding hydrogens is 423 g/mol. The first-order valence-corrected chi connectivity index (χ1v) is 8.12. The maximum absolute atomic E-state index is 5.99. The van der Waals surface area contributed by atoms with Crippen molar-refractivity contribution in [3.8, 4) is 0 Å². The molecule has 0 radical (unpaired) electrons. The predicted molar refractivity (Wildman–Crippen MR) is 97.9 cm³/mol. The van der Waals surface area contributed by atoms with Crippen molar-refractivity contribution in [1.29, 1.82) is 0 Å². The molecule has 0 aliphatic heterocycles. The largest absolute Gasteiger partial charge is 0.332 e. The number of aryl methyl sites for hydroxylation is 1. The van der Waals surface area contributed by atoms with E-state index in [-0.39, 0.29) is 0 Å². The van der Waals surface area contributed by atoms with Crippen LogP contribution in [0.1, 0.15) is 5.56 Å². The first-order valence-electron chi connectivity index (χ1n) is 5.75. The second-order valence-corrected chi connectivity index (χ2v) is 6.78. The lowest BCUT2D eigenvalue weighted by atomic mass is 10.2. The van der Waals surface area contributed by atoms with Gasteiger partial charge in [-0.25, -0.2) is 0 Å². The molecule has 2 N–H and O–H groups in total. The molecule has 2 nitrogen and oxygen atoms in total. The van der Waals surface area contributed by atoms with E-state index in [2.05, 4.69) is 42.5 Å². The molecule has 0 aliphatic carbocycles. The molecule has 2 rings (SSSR count). The smallest absolute Gasteiger partial charge is 0.175 e. The highest BCUT2D eigenvalue weighted by molar-refractivity contribution is 9.11. The van der Waals surface area contributed by atoms with E-state index in [1.807, 2.05) is 43.3 Å². The van der Waals surface area contributed by atoms with Gasteiger partial charge >= 0.3 is 0 Å². The number of hydrogen-bond donors (Lipinski definition) is 2. The molecule has 104 valence electrons. The third-order valence-electron chi connectivity index (χ3n) is 2.63. The number of rotatable bonds is 2. The van der Waals surface area contributed by atoms with Crippen LogP contribution in [0.3, 0.4) is 0 Å². The Hall–Kier alpha value is -0.620. The van der Waals surface area contributed by atoms with Crippen molar-refractivity contribution in [2.45, 2.75) is 6.92 Å². The average Bonchev–Trinajstić information content (AvgIpc) is 2.37. The van der Waals surface area contributed by atoms with Crippen molar-refractivity contribution in [3.63, 3.8) is 0 Å². The normalized spacial score (nSPS) is 10.2. The SMILES string of the molecule is Cc1ccc(Cl)cc1NC(=S)Nc1ccc(Br)cc1Br. The maximum Gasteiger partial charge on any atom is 0.175 e. The minimum absolute atomic E-state index is 0.512. The zero-order valence-electron chi connectivity index (χ0n) is 10.5. The first-order chi connectivity index (χ1) is 9.45. The molecule has 0 atom stereocenters. The molecule has 0 bridgehead atoms. The summed E-state index contributed by atoms with van der Waals surface area (Å²) >= 11 is 18.2. The molecule has 6 heteroatoms. The number of halogens is 3. The predicted octanol–water partition coefficient (Wildman–Crippen LogP) is 5.98. The maximum atomic E-state index is 5.99. The number of anilines is 2. The molecule has 0 aromatic heterocycles. The lowest BCUT2D eigenvalue weighted by Gasteiger charge is -2.14. The molecule has 2 aromatic rings. The Labute approximate surface area is 145 Å². The van der Waals surface area contributed by atoms with E-state index in [0.29, 0.717) is 10.1 Å². The molecule has 0 unspecified atom stereocenters. The monoisotopic (exact) mass is 432 g/mol. The van der Waals surface area contributed by atoms with Crippen LogP contribution in [0.5, 0.6) is 0 Å². The van der Waals surface area contributed by atoms with E-state index in [1.165, 1.54) is 0 Å². The van der Waals surface area contributed by atoms with Crippen LogP contribution >= 0.6 is 55.7 Å². The topological polar surface area (TPSA) is 24.1 Å². The molecule has 0 amide bonds. The fourth-order valence-corrected chi connectivity index (χ4v) is 3.13. The Bertz CT molecular complexity index is 662. The minimum Gasteiger partial charge on any atom is -0.332 e. The summed E-state index contributed by atoms with van der Waals surface area (Å²) in [5.41, 5.74) is 2.86. The molecule has 0 saturated carbocycles. The van der Waals surface area contributed by atoms with Crippen molar-refractivity contribution in [3.05, 3.63) is 55.9 Å². The third-order valence-corrected chi connectivity index (χ3v) is 4.22. The highest BCUT2D eigenvalue weighted by Gasteiger charge is 2.05. The molecular formula is C14H11Br2ClN2S. The molecule has 0 heterocycles. The van der Waals surface area contributed by atoms with E-state index in [4.69, 9.17) is 23.8 Å². The minimum atomic E-state index is 0.512. The number of hydrogen-bond acceptors (Lipinski definition) is 1. The van der Waals surface area contributed by atoms with E-state index >= 15 is 0 Å². The Morgan fingerprint density at radius 1 is 1.05 bits per heavy atom. The van der Waals surface area contributed by atoms with Gasteiger partial charge in [-0.2, -0.15) is 0 Å². The van der Waals surface area contributed by atoms with Crippen molar-refractivity contribution in [1.82, 2.24) is 0 Å². The van der Waals surface area contributed by atoms with E-state index in [1.54, 1.807) is 0 Å². The lowest BCUT2D eigenvalue weighted by Crippen LogP contribution is -2.19. The van der Waals surface area contributed by atoms with Gasteiger partial charge in [-0.3, -0.25) is 0 Å². The molecule has 0 saturated heterocycles. The fraction of sp³-hybridized carbons (Fsp3) is 0.0714. The van der Waals surface area contributed by atoms with Gasteiger partial charge in [-0.15, -0.1) is 0 Å². The number of thiocarbonyl (C=S) groups is 1. The molecule has 20 heavy (non-hydrogen) atoms. The quantitative estimate of drug-likeness (QED) is 0.569. The summed E-state index contributed by atoms with van der Waals surface area (Å²) in [6.45, 7) is 2.00. The van der Waals surface area contributed by atoms with Gasteiger partial charge in [0.25, 0.3) is 0 Å². The number of benzene rings is 2. The third kappa shape index (κ3) is 4.19. The Balaban J connectivity index is 2.11. The van der Waals surface area contributed by atoms with E-state index in [0.717, 1.165) is 25.9 Å². The van der Waals surface area contributed by atoms with Gasteiger partial charge in [0.05, 0.1) is 5.69 Å². The van der Waals surface area contributed by atoms with Gasteiger partial charge in [0.1, 0.15) is 0 Å². The van der Waals surface area contributed by atoms with Crippen LogP contribution in [0, 0.1) is 6.92 Å². The molecule has 2 aromatic carbocycles. The van der Waals surface area contributed by atoms with Crippen molar-refractivity contribution < 1.29 is 0 Å². The summed E-state index contributed by atoms with van der Waals surface area (Å²) in [4.78, 5) is 0. The molecule has 0 aliphatic rings. The Morgan fingerprint density at radius 3 is 2.45 bits per heavy atom. The van der Waals surface area contributed by atoms with Crippen LogP contribution in [0.2, 0.25) is 5.02 Å². The average molecular weight is 435 g/mol. The van der Waals surface area contributed by atoms with Crippen molar-refractivity contribution in [2.75, 3.05) is 10.6 Å². The summed E-state index contributed by atoms with van der Waals surface area (Å²) in [5, 5.41) is 7.47. The summed E-state index contributed by atoms with van der Waals surface area (Å²) in [6, 6.07) is 11.5. The van der Waals surface area contributed by atoms with Crippen molar-refractivity contribution in [2.24, 2.45) is 0 Å². The van der Waals surface area contributed by atoms with Gasteiger partial charge < -0.3 is 10.6 Å². The van der Waals surface area contributed by atoms with Gasteiger partial charge in [-0.05, 0) is 71.0 Å². The van der Waals surface area contributed by atoms with Crippen molar-refractivity contribution >= 4 is 72.2 Å². The molecule has 0 spiro atoms. The summed E-state index contributed by atoms with van der Waals surface area (Å²) in [5.74, 6) is 0. The standard InChI is InChI=1S/C14H11Br2ClN2S/c1-8-2-4-10(17)7-13(8)19-14(20)18-12-5-3-9(15)6-11(12)16/h2-7H,1H3,(H2,18,19,20). The zero-order chi connectivity index (χ0) is 14.7. The second-order valence-electron chi connectivity index (χ2n) is 4.16. The number of nitrogens with one attached hydrogen (secondary N) is 2. The summed E-state index contributed by atoms with van der Waals surface area (Å²) in [6.07, 6.45) is 0. The first kappa shape index (κ1) is 15.8. The van der Waals surface area contributed by atoms with Crippen LogP contribution in [0.25, 0.3) is 0 Å². The van der Waals surface area contributed by atoms with E-state index < -0.39 is 0 Å². The van der Waals surface area contributed by atoms with Gasteiger partial charge in [0.15, 0.2) is 5.11 Å². The second kappa shape index (κ2) is 6.89. The highest BCUT2D eigenvalue weighted by atomic mass is 79.9. The van der Waals surface area contributed by atoms with Gasteiger partial charge in [0, 0.05) is 19.7 Å². The van der Waals surface area contributed by atoms with Crippen LogP contribution in [-0.2, 0) is 0 Å². The Kier molecular flexibility index (Phi) is 5.43. The van der Waals surface area contributed by atoms with Crippen LogP contribution in [0.15, 0.2) is 45.3 Å². The van der Waals surface area contributed by atoms with Crippen LogP contribution in [0.4, 0.5) is 11.4 Å².